The molecule has 1 unspecified atom stereocenters. The summed E-state index contributed by atoms with van der Waals surface area (Å²) in [6, 6.07) is 0. The topological polar surface area (TPSA) is 17.8 Å². The van der Waals surface area contributed by atoms with Crippen LogP contribution in [0.1, 0.15) is 38.6 Å². The van der Waals surface area contributed by atoms with Gasteiger partial charge >= 0.3 is 0 Å². The van der Waals surface area contributed by atoms with Crippen molar-refractivity contribution in [2.75, 3.05) is 5.33 Å². The molecule has 0 amide bonds. The summed E-state index contributed by atoms with van der Waals surface area (Å²) in [4.78, 5) is 0. The fraction of sp³-hybridized carbons (Fsp3) is 0.750. The summed E-state index contributed by atoms with van der Waals surface area (Å²) in [5, 5.41) is 5.68. The molecule has 16 heavy (non-hydrogen) atoms. The van der Waals surface area contributed by atoms with Crippen LogP contribution in [0.25, 0.3) is 0 Å². The average molecular weight is 352 g/mol. The summed E-state index contributed by atoms with van der Waals surface area (Å²) < 4.78 is 3.35. The van der Waals surface area contributed by atoms with E-state index in [-0.39, 0.29) is 0 Å². The van der Waals surface area contributed by atoms with Gasteiger partial charge in [0.15, 0.2) is 0 Å². The maximum Gasteiger partial charge on any atom is 0.0766 e. The van der Waals surface area contributed by atoms with E-state index in [4.69, 9.17) is 0 Å². The molecule has 0 aliphatic rings. The molecular weight excluding hydrogens is 332 g/mol. The maximum atomic E-state index is 4.61. The highest BCUT2D eigenvalue weighted by Gasteiger charge is 2.14. The Morgan fingerprint density at radius 2 is 2.06 bits per heavy atom. The molecule has 1 atom stereocenters. The van der Waals surface area contributed by atoms with Crippen molar-refractivity contribution in [1.29, 1.82) is 0 Å². The van der Waals surface area contributed by atoms with Crippen LogP contribution >= 0.6 is 31.9 Å². The van der Waals surface area contributed by atoms with Crippen LogP contribution in [-0.4, -0.2) is 15.1 Å². The number of nitrogens with zero attached hydrogens (tertiary/aromatic N) is 2. The van der Waals surface area contributed by atoms with Gasteiger partial charge in [0, 0.05) is 11.9 Å². The second kappa shape index (κ2) is 6.80. The summed E-state index contributed by atoms with van der Waals surface area (Å²) in [6.45, 7) is 7.53. The SMILES string of the molecule is CCc1nn(CC)c(CCC(C)CBr)c1Br. The molecule has 1 heterocycles. The van der Waals surface area contributed by atoms with Gasteiger partial charge in [-0.15, -0.1) is 0 Å². The predicted octanol–water partition coefficient (Wildman–Crippen LogP) is 4.19. The highest BCUT2D eigenvalue weighted by molar-refractivity contribution is 9.10. The molecule has 1 rings (SSSR count). The van der Waals surface area contributed by atoms with E-state index in [0.29, 0.717) is 0 Å². The molecule has 2 nitrogen and oxygen atoms in total. The van der Waals surface area contributed by atoms with E-state index in [9.17, 15) is 0 Å². The minimum Gasteiger partial charge on any atom is -0.268 e. The lowest BCUT2D eigenvalue weighted by atomic mass is 10.1. The number of rotatable bonds is 6. The van der Waals surface area contributed by atoms with E-state index in [1.54, 1.807) is 0 Å². The normalized spacial score (nSPS) is 13.1. The van der Waals surface area contributed by atoms with Gasteiger partial charge in [-0.05, 0) is 48.0 Å². The van der Waals surface area contributed by atoms with Gasteiger partial charge < -0.3 is 0 Å². The van der Waals surface area contributed by atoms with Crippen molar-refractivity contribution in [2.45, 2.75) is 46.6 Å². The molecule has 0 spiro atoms. The zero-order valence-electron chi connectivity index (χ0n) is 10.3. The quantitative estimate of drug-likeness (QED) is 0.702. The molecule has 0 N–H and O–H groups in total. The van der Waals surface area contributed by atoms with E-state index >= 15 is 0 Å². The summed E-state index contributed by atoms with van der Waals surface area (Å²) >= 11 is 7.21. The van der Waals surface area contributed by atoms with Crippen LogP contribution in [0.5, 0.6) is 0 Å². The number of halogens is 2. The molecule has 92 valence electrons. The highest BCUT2D eigenvalue weighted by Crippen LogP contribution is 2.24. The first-order valence-corrected chi connectivity index (χ1v) is 7.85. The Kier molecular flexibility index (Phi) is 6.05. The molecule has 0 fully saturated rings. The number of hydrogen-bond donors (Lipinski definition) is 0. The van der Waals surface area contributed by atoms with Crippen LogP contribution in [0.3, 0.4) is 0 Å². The molecule has 0 saturated heterocycles. The molecule has 0 bridgehead atoms. The standard InChI is InChI=1S/C12H20Br2N2/c1-4-10-12(14)11(16(5-2)15-10)7-6-9(3)8-13/h9H,4-8H2,1-3H3. The van der Waals surface area contributed by atoms with E-state index in [2.05, 4.69) is 62.4 Å². The number of alkyl halides is 1. The molecular formula is C12H20Br2N2. The molecule has 1 aromatic rings. The molecule has 0 aromatic carbocycles. The zero-order chi connectivity index (χ0) is 12.1. The first kappa shape index (κ1) is 14.2. The van der Waals surface area contributed by atoms with Crippen molar-refractivity contribution in [3.63, 3.8) is 0 Å². The third kappa shape index (κ3) is 3.33. The molecule has 1 aromatic heterocycles. The average Bonchev–Trinajstić information content (AvgIpc) is 2.62. The first-order valence-electron chi connectivity index (χ1n) is 5.93. The Hall–Kier alpha value is 0.170. The summed E-state index contributed by atoms with van der Waals surface area (Å²) in [6.07, 6.45) is 3.31. The monoisotopic (exact) mass is 350 g/mol. The van der Waals surface area contributed by atoms with Crippen molar-refractivity contribution in [3.05, 3.63) is 15.9 Å². The Labute approximate surface area is 115 Å². The third-order valence-corrected chi connectivity index (χ3v) is 4.85. The van der Waals surface area contributed by atoms with Crippen LogP contribution in [0.2, 0.25) is 0 Å². The fourth-order valence-corrected chi connectivity index (χ4v) is 2.80. The minimum atomic E-state index is 0.720. The lowest BCUT2D eigenvalue weighted by Gasteiger charge is -2.09. The zero-order valence-corrected chi connectivity index (χ0v) is 13.4. The van der Waals surface area contributed by atoms with Gasteiger partial charge in [0.05, 0.1) is 15.9 Å². The van der Waals surface area contributed by atoms with Crippen molar-refractivity contribution in [3.8, 4) is 0 Å². The summed E-state index contributed by atoms with van der Waals surface area (Å²) in [5.74, 6) is 0.720. The molecule has 4 heteroatoms. The van der Waals surface area contributed by atoms with Gasteiger partial charge in [-0.3, -0.25) is 4.68 Å². The number of aromatic nitrogens is 2. The van der Waals surface area contributed by atoms with Crippen LogP contribution in [0, 0.1) is 5.92 Å². The lowest BCUT2D eigenvalue weighted by molar-refractivity contribution is 0.553. The lowest BCUT2D eigenvalue weighted by Crippen LogP contribution is -2.06. The van der Waals surface area contributed by atoms with Crippen molar-refractivity contribution in [1.82, 2.24) is 9.78 Å². The van der Waals surface area contributed by atoms with E-state index in [1.807, 2.05) is 0 Å². The van der Waals surface area contributed by atoms with E-state index < -0.39 is 0 Å². The fourth-order valence-electron chi connectivity index (χ4n) is 1.72. The second-order valence-corrected chi connectivity index (χ2v) is 5.62. The van der Waals surface area contributed by atoms with Crippen molar-refractivity contribution < 1.29 is 0 Å². The van der Waals surface area contributed by atoms with Crippen LogP contribution in [0.15, 0.2) is 4.47 Å². The van der Waals surface area contributed by atoms with Gasteiger partial charge in [0.25, 0.3) is 0 Å². The van der Waals surface area contributed by atoms with Crippen LogP contribution < -0.4 is 0 Å². The van der Waals surface area contributed by atoms with Gasteiger partial charge in [-0.2, -0.15) is 5.10 Å². The van der Waals surface area contributed by atoms with Crippen LogP contribution in [0.4, 0.5) is 0 Å². The van der Waals surface area contributed by atoms with Gasteiger partial charge in [-0.1, -0.05) is 29.8 Å². The van der Waals surface area contributed by atoms with E-state index in [1.165, 1.54) is 22.3 Å². The van der Waals surface area contributed by atoms with Gasteiger partial charge in [-0.25, -0.2) is 0 Å². The predicted molar refractivity (Wildman–Crippen MR) is 76.3 cm³/mol. The highest BCUT2D eigenvalue weighted by atomic mass is 79.9. The molecule has 0 radical (unpaired) electrons. The molecule has 0 saturated carbocycles. The maximum absolute atomic E-state index is 4.61. The second-order valence-electron chi connectivity index (χ2n) is 4.17. The Bertz CT molecular complexity index is 334. The van der Waals surface area contributed by atoms with Gasteiger partial charge in [0.2, 0.25) is 0 Å². The smallest absolute Gasteiger partial charge is 0.0766 e. The summed E-state index contributed by atoms with van der Waals surface area (Å²) in [7, 11) is 0. The van der Waals surface area contributed by atoms with Crippen molar-refractivity contribution in [2.24, 2.45) is 5.92 Å². The van der Waals surface area contributed by atoms with Crippen molar-refractivity contribution >= 4 is 31.9 Å². The number of aryl methyl sites for hydroxylation is 2. The largest absolute Gasteiger partial charge is 0.268 e. The first-order chi connectivity index (χ1) is 7.63. The van der Waals surface area contributed by atoms with E-state index in [0.717, 1.165) is 30.6 Å². The Morgan fingerprint density at radius 1 is 1.38 bits per heavy atom. The Morgan fingerprint density at radius 3 is 2.56 bits per heavy atom. The third-order valence-electron chi connectivity index (χ3n) is 2.83. The summed E-state index contributed by atoms with van der Waals surface area (Å²) in [5.41, 5.74) is 2.54. The minimum absolute atomic E-state index is 0.720. The van der Waals surface area contributed by atoms with Crippen LogP contribution in [-0.2, 0) is 19.4 Å². The molecule has 0 aliphatic heterocycles. The number of hydrogen-bond acceptors (Lipinski definition) is 1. The van der Waals surface area contributed by atoms with Gasteiger partial charge in [0.1, 0.15) is 0 Å². The Balaban J connectivity index is 2.80. The molecule has 0 aliphatic carbocycles.